The molecule has 0 saturated carbocycles. The Bertz CT molecular complexity index is 1130. The van der Waals surface area contributed by atoms with Gasteiger partial charge in [-0.15, -0.1) is 0 Å². The first-order valence-electron chi connectivity index (χ1n) is 13.1. The van der Waals surface area contributed by atoms with E-state index in [-0.39, 0.29) is 5.60 Å². The molecule has 0 bridgehead atoms. The predicted molar refractivity (Wildman–Crippen MR) is 144 cm³/mol. The molecule has 1 saturated heterocycles. The third-order valence-corrected chi connectivity index (χ3v) is 7.21. The molecular formula is C30H41N3O3. The summed E-state index contributed by atoms with van der Waals surface area (Å²) < 4.78 is 20.3. The van der Waals surface area contributed by atoms with Crippen molar-refractivity contribution in [2.24, 2.45) is 0 Å². The van der Waals surface area contributed by atoms with Crippen LogP contribution in [0.5, 0.6) is 11.5 Å². The number of hydrogen-bond acceptors (Lipinski definition) is 5. The molecule has 1 fully saturated rings. The molecule has 0 spiro atoms. The van der Waals surface area contributed by atoms with Crippen LogP contribution in [-0.4, -0.2) is 53.7 Å². The molecule has 6 nitrogen and oxygen atoms in total. The Kier molecular flexibility index (Phi) is 8.70. The van der Waals surface area contributed by atoms with E-state index in [4.69, 9.17) is 14.2 Å². The van der Waals surface area contributed by atoms with Crippen LogP contribution in [0.1, 0.15) is 47.3 Å². The lowest BCUT2D eigenvalue weighted by Gasteiger charge is -2.40. The van der Waals surface area contributed by atoms with Gasteiger partial charge in [0.2, 0.25) is 0 Å². The van der Waals surface area contributed by atoms with Gasteiger partial charge in [0.05, 0.1) is 12.3 Å². The highest BCUT2D eigenvalue weighted by molar-refractivity contribution is 5.35. The highest BCUT2D eigenvalue weighted by Gasteiger charge is 2.35. The normalized spacial score (nSPS) is 15.7. The van der Waals surface area contributed by atoms with Crippen molar-refractivity contribution in [3.8, 4) is 11.5 Å². The van der Waals surface area contributed by atoms with Gasteiger partial charge in [0, 0.05) is 45.4 Å². The Morgan fingerprint density at radius 3 is 2.44 bits per heavy atom. The average molecular weight is 492 g/mol. The Morgan fingerprint density at radius 1 is 0.944 bits per heavy atom. The Morgan fingerprint density at radius 2 is 1.75 bits per heavy atom. The molecule has 1 aromatic heterocycles. The molecule has 0 atom stereocenters. The fourth-order valence-electron chi connectivity index (χ4n) is 4.99. The molecule has 194 valence electrons. The monoisotopic (exact) mass is 491 g/mol. The van der Waals surface area contributed by atoms with Gasteiger partial charge in [0.25, 0.3) is 0 Å². The van der Waals surface area contributed by atoms with Crippen molar-refractivity contribution in [2.45, 2.75) is 65.6 Å². The number of nitrogens with zero attached hydrogens (tertiary/aromatic N) is 3. The van der Waals surface area contributed by atoms with Gasteiger partial charge < -0.3 is 14.2 Å². The summed E-state index contributed by atoms with van der Waals surface area (Å²) in [5.74, 6) is 1.89. The first-order chi connectivity index (χ1) is 17.4. The van der Waals surface area contributed by atoms with E-state index in [1.165, 1.54) is 22.4 Å². The fraction of sp³-hybridized carbons (Fsp3) is 0.500. The summed E-state index contributed by atoms with van der Waals surface area (Å²) in [6.07, 6.45) is 2.84. The topological polar surface area (TPSA) is 48.8 Å². The molecule has 2 heterocycles. The van der Waals surface area contributed by atoms with Crippen LogP contribution < -0.4 is 9.47 Å². The molecule has 6 heteroatoms. The Balaban J connectivity index is 1.23. The molecule has 2 aromatic carbocycles. The van der Waals surface area contributed by atoms with Gasteiger partial charge in [-0.1, -0.05) is 29.8 Å². The van der Waals surface area contributed by atoms with Crippen molar-refractivity contribution in [3.63, 3.8) is 0 Å². The number of hydrogen-bond donors (Lipinski definition) is 0. The highest BCUT2D eigenvalue weighted by Crippen LogP contribution is 2.29. The van der Waals surface area contributed by atoms with E-state index in [1.807, 2.05) is 20.1 Å². The van der Waals surface area contributed by atoms with Crippen LogP contribution in [0.2, 0.25) is 0 Å². The smallest absolute Gasteiger partial charge is 0.122 e. The molecule has 0 N–H and O–H groups in total. The minimum absolute atomic E-state index is 0.232. The number of aryl methyl sites for hydroxylation is 5. The summed E-state index contributed by atoms with van der Waals surface area (Å²) in [6, 6.07) is 16.9. The van der Waals surface area contributed by atoms with E-state index >= 15 is 0 Å². The average Bonchev–Trinajstić information content (AvgIpc) is 3.19. The second-order valence-corrected chi connectivity index (χ2v) is 10.2. The summed E-state index contributed by atoms with van der Waals surface area (Å²) in [7, 11) is 1.82. The van der Waals surface area contributed by atoms with Gasteiger partial charge >= 0.3 is 0 Å². The Labute approximate surface area is 216 Å². The molecule has 36 heavy (non-hydrogen) atoms. The van der Waals surface area contributed by atoms with E-state index in [0.717, 1.165) is 62.6 Å². The van der Waals surface area contributed by atoms with Gasteiger partial charge in [0.15, 0.2) is 0 Å². The zero-order chi connectivity index (χ0) is 25.5. The van der Waals surface area contributed by atoms with Gasteiger partial charge in [0.1, 0.15) is 23.7 Å². The highest BCUT2D eigenvalue weighted by atomic mass is 16.5. The summed E-state index contributed by atoms with van der Waals surface area (Å²) >= 11 is 0. The molecule has 0 radical (unpaired) electrons. The summed E-state index contributed by atoms with van der Waals surface area (Å²) in [6.45, 7) is 13.4. The third kappa shape index (κ3) is 6.89. The summed E-state index contributed by atoms with van der Waals surface area (Å²) in [5, 5.41) is 4.52. The van der Waals surface area contributed by atoms with Crippen molar-refractivity contribution < 1.29 is 14.2 Å². The van der Waals surface area contributed by atoms with Crippen molar-refractivity contribution >= 4 is 0 Å². The fourth-order valence-corrected chi connectivity index (χ4v) is 4.99. The zero-order valence-electron chi connectivity index (χ0n) is 22.5. The van der Waals surface area contributed by atoms with Gasteiger partial charge in [-0.05, 0) is 75.9 Å². The van der Waals surface area contributed by atoms with Crippen molar-refractivity contribution in [1.29, 1.82) is 0 Å². The lowest BCUT2D eigenvalue weighted by Crippen LogP contribution is -2.48. The van der Waals surface area contributed by atoms with E-state index < -0.39 is 0 Å². The molecule has 1 aliphatic heterocycles. The van der Waals surface area contributed by atoms with Gasteiger partial charge in [-0.25, -0.2) is 0 Å². The first-order valence-corrected chi connectivity index (χ1v) is 13.1. The predicted octanol–water partition coefficient (Wildman–Crippen LogP) is 5.65. The second-order valence-electron chi connectivity index (χ2n) is 10.2. The minimum atomic E-state index is -0.232. The molecule has 3 aromatic rings. The number of methoxy groups -OCH3 is 1. The number of ether oxygens (including phenoxy) is 3. The van der Waals surface area contributed by atoms with Crippen LogP contribution >= 0.6 is 0 Å². The van der Waals surface area contributed by atoms with E-state index in [9.17, 15) is 0 Å². The zero-order valence-corrected chi connectivity index (χ0v) is 22.5. The maximum absolute atomic E-state index is 6.21. The van der Waals surface area contributed by atoms with Gasteiger partial charge in [-0.2, -0.15) is 5.10 Å². The summed E-state index contributed by atoms with van der Waals surface area (Å²) in [4.78, 5) is 2.50. The third-order valence-electron chi connectivity index (χ3n) is 7.21. The van der Waals surface area contributed by atoms with Crippen LogP contribution in [0.4, 0.5) is 0 Å². The van der Waals surface area contributed by atoms with Crippen molar-refractivity contribution in [1.82, 2.24) is 14.7 Å². The number of rotatable bonds is 11. The molecule has 0 aliphatic carbocycles. The van der Waals surface area contributed by atoms with Crippen molar-refractivity contribution in [2.75, 3.05) is 33.4 Å². The quantitative estimate of drug-likeness (QED) is 0.325. The van der Waals surface area contributed by atoms with E-state index in [1.54, 1.807) is 0 Å². The second kappa shape index (κ2) is 11.9. The standard InChI is InChI=1S/C30H41N3O3/c1-23-10-11-29(24(2)18-23)36-22-30(34-5)12-15-32(16-13-30)21-27-8-6-9-28(20-27)35-17-7-14-33-26(4)19-25(3)31-33/h6,8-11,18-20H,7,12-17,21-22H2,1-5H3. The largest absolute Gasteiger partial charge is 0.494 e. The SMILES string of the molecule is COC1(COc2ccc(C)cc2C)CCN(Cc2cccc(OCCCn3nc(C)cc3C)c2)CC1. The van der Waals surface area contributed by atoms with Crippen LogP contribution in [-0.2, 0) is 17.8 Å². The Hall–Kier alpha value is -2.83. The number of aromatic nitrogens is 2. The van der Waals surface area contributed by atoms with Crippen LogP contribution in [0.3, 0.4) is 0 Å². The van der Waals surface area contributed by atoms with Crippen LogP contribution in [0.15, 0.2) is 48.5 Å². The molecule has 4 rings (SSSR count). The van der Waals surface area contributed by atoms with Crippen LogP contribution in [0.25, 0.3) is 0 Å². The number of piperidine rings is 1. The van der Waals surface area contributed by atoms with Crippen LogP contribution in [0, 0.1) is 27.7 Å². The lowest BCUT2D eigenvalue weighted by molar-refractivity contribution is -0.0840. The first kappa shape index (κ1) is 26.2. The van der Waals surface area contributed by atoms with E-state index in [0.29, 0.717) is 13.2 Å². The number of benzene rings is 2. The van der Waals surface area contributed by atoms with Gasteiger partial charge in [-0.3, -0.25) is 9.58 Å². The minimum Gasteiger partial charge on any atom is -0.494 e. The molecule has 1 aliphatic rings. The van der Waals surface area contributed by atoms with Crippen molar-refractivity contribution in [3.05, 3.63) is 76.6 Å². The molecule has 0 unspecified atom stereocenters. The summed E-state index contributed by atoms with van der Waals surface area (Å²) in [5.41, 5.74) is 5.74. The number of likely N-dealkylation sites (tertiary alicyclic amines) is 1. The maximum Gasteiger partial charge on any atom is 0.122 e. The maximum atomic E-state index is 6.21. The molecule has 0 amide bonds. The van der Waals surface area contributed by atoms with E-state index in [2.05, 4.69) is 77.9 Å². The lowest BCUT2D eigenvalue weighted by atomic mass is 9.91. The molecular weight excluding hydrogens is 450 g/mol.